The number of allylic oxidation sites excluding steroid dienone is 2. The first-order valence-corrected chi connectivity index (χ1v) is 6.76. The summed E-state index contributed by atoms with van der Waals surface area (Å²) in [4.78, 5) is 4.45. The fourth-order valence-corrected chi connectivity index (χ4v) is 2.28. The summed E-state index contributed by atoms with van der Waals surface area (Å²) in [5.74, 6) is -0.218. The first-order valence-electron chi connectivity index (χ1n) is 6.18. The summed E-state index contributed by atoms with van der Waals surface area (Å²) in [5, 5.41) is 0.840. The fourth-order valence-electron chi connectivity index (χ4n) is 2.04. The number of nitrogens with zero attached hydrogens (tertiary/aromatic N) is 1. The Hall–Kier alpha value is -1.53. The molecule has 1 aromatic heterocycles. The number of rotatable bonds is 2. The van der Waals surface area contributed by atoms with Crippen molar-refractivity contribution in [2.24, 2.45) is 0 Å². The third kappa shape index (κ3) is 2.90. The quantitative estimate of drug-likeness (QED) is 0.750. The number of halogens is 1. The van der Waals surface area contributed by atoms with Crippen LogP contribution in [0.2, 0.25) is 0 Å². The van der Waals surface area contributed by atoms with E-state index in [1.807, 2.05) is 39.0 Å². The third-order valence-electron chi connectivity index (χ3n) is 3.19. The molecule has 0 amide bonds. The molecule has 1 heterocycles. The van der Waals surface area contributed by atoms with Gasteiger partial charge in [0.05, 0.1) is 5.69 Å². The number of aromatic nitrogens is 1. The standard InChI is InChI=1S/C16H17FNP/c1-4-10(2)16-11(3)7-12(9-18-16)14-6-5-13(19)8-15(14)17/h4-9H,19H2,1-3H3/b10-4-. The predicted molar refractivity (Wildman–Crippen MR) is 83.0 cm³/mol. The molecule has 19 heavy (non-hydrogen) atoms. The second-order valence-electron chi connectivity index (χ2n) is 4.60. The van der Waals surface area contributed by atoms with E-state index in [0.717, 1.165) is 27.7 Å². The van der Waals surface area contributed by atoms with Crippen LogP contribution in [0.15, 0.2) is 36.5 Å². The molecule has 3 heteroatoms. The molecule has 0 saturated carbocycles. The van der Waals surface area contributed by atoms with Gasteiger partial charge in [-0.25, -0.2) is 4.39 Å². The van der Waals surface area contributed by atoms with Crippen LogP contribution in [-0.2, 0) is 0 Å². The highest BCUT2D eigenvalue weighted by atomic mass is 31.0. The summed E-state index contributed by atoms with van der Waals surface area (Å²) in [5.41, 5.74) is 4.56. The molecule has 1 unspecified atom stereocenters. The van der Waals surface area contributed by atoms with Gasteiger partial charge in [0, 0.05) is 17.3 Å². The summed E-state index contributed by atoms with van der Waals surface area (Å²) in [6, 6.07) is 7.16. The summed E-state index contributed by atoms with van der Waals surface area (Å²) in [6.45, 7) is 6.02. The van der Waals surface area contributed by atoms with Crippen molar-refractivity contribution in [3.8, 4) is 11.1 Å². The van der Waals surface area contributed by atoms with E-state index >= 15 is 0 Å². The van der Waals surface area contributed by atoms with Gasteiger partial charge >= 0.3 is 0 Å². The van der Waals surface area contributed by atoms with Gasteiger partial charge in [-0.1, -0.05) is 18.2 Å². The molecule has 0 aliphatic rings. The van der Waals surface area contributed by atoms with Crippen LogP contribution >= 0.6 is 9.24 Å². The topological polar surface area (TPSA) is 12.9 Å². The molecule has 1 atom stereocenters. The lowest BCUT2D eigenvalue weighted by molar-refractivity contribution is 0.632. The highest BCUT2D eigenvalue weighted by Gasteiger charge is 2.08. The summed E-state index contributed by atoms with van der Waals surface area (Å²) < 4.78 is 13.9. The molecule has 0 radical (unpaired) electrons. The molecule has 0 spiro atoms. The smallest absolute Gasteiger partial charge is 0.131 e. The zero-order valence-electron chi connectivity index (χ0n) is 11.4. The normalized spacial score (nSPS) is 11.7. The third-order valence-corrected chi connectivity index (χ3v) is 3.55. The van der Waals surface area contributed by atoms with E-state index in [4.69, 9.17) is 0 Å². The first-order chi connectivity index (χ1) is 9.02. The number of hydrogen-bond acceptors (Lipinski definition) is 1. The van der Waals surface area contributed by atoms with Crippen molar-refractivity contribution in [3.05, 3.63) is 53.6 Å². The van der Waals surface area contributed by atoms with Gasteiger partial charge in [0.2, 0.25) is 0 Å². The van der Waals surface area contributed by atoms with E-state index in [0.29, 0.717) is 5.56 Å². The van der Waals surface area contributed by atoms with Crippen LogP contribution in [0.3, 0.4) is 0 Å². The van der Waals surface area contributed by atoms with E-state index in [1.165, 1.54) is 6.07 Å². The summed E-state index contributed by atoms with van der Waals surface area (Å²) >= 11 is 0. The molecule has 0 bridgehead atoms. The van der Waals surface area contributed by atoms with E-state index in [1.54, 1.807) is 12.3 Å². The van der Waals surface area contributed by atoms with E-state index < -0.39 is 0 Å². The van der Waals surface area contributed by atoms with Gasteiger partial charge in [-0.15, -0.1) is 9.24 Å². The molecule has 0 N–H and O–H groups in total. The van der Waals surface area contributed by atoms with Crippen LogP contribution in [0, 0.1) is 12.7 Å². The summed E-state index contributed by atoms with van der Waals surface area (Å²) in [7, 11) is 2.50. The van der Waals surface area contributed by atoms with Gasteiger partial charge in [0.1, 0.15) is 5.82 Å². The largest absolute Gasteiger partial charge is 0.256 e. The van der Waals surface area contributed by atoms with Gasteiger partial charge in [-0.05, 0) is 49.3 Å². The number of hydrogen-bond donors (Lipinski definition) is 0. The van der Waals surface area contributed by atoms with Crippen molar-refractivity contribution >= 4 is 20.1 Å². The lowest BCUT2D eigenvalue weighted by Crippen LogP contribution is -1.96. The zero-order chi connectivity index (χ0) is 14.0. The van der Waals surface area contributed by atoms with E-state index in [9.17, 15) is 4.39 Å². The Balaban J connectivity index is 2.50. The number of aryl methyl sites for hydroxylation is 1. The molecular formula is C16H17FNP. The second-order valence-corrected chi connectivity index (χ2v) is 5.27. The lowest BCUT2D eigenvalue weighted by atomic mass is 10.0. The Bertz CT molecular complexity index is 647. The minimum Gasteiger partial charge on any atom is -0.256 e. The van der Waals surface area contributed by atoms with Gasteiger partial charge in [0.25, 0.3) is 0 Å². The lowest BCUT2D eigenvalue weighted by Gasteiger charge is -2.09. The molecule has 2 rings (SSSR count). The minimum absolute atomic E-state index is 0.218. The molecule has 98 valence electrons. The van der Waals surface area contributed by atoms with Gasteiger partial charge < -0.3 is 0 Å². The van der Waals surface area contributed by atoms with Crippen LogP contribution in [0.5, 0.6) is 0 Å². The predicted octanol–water partition coefficient (Wildman–Crippen LogP) is 4.12. The SMILES string of the molecule is C/C=C(/C)c1ncc(-c2ccc(P)cc2F)cc1C. The molecule has 1 aromatic carbocycles. The Morgan fingerprint density at radius 3 is 2.63 bits per heavy atom. The van der Waals surface area contributed by atoms with Gasteiger partial charge in [-0.3, -0.25) is 4.98 Å². The van der Waals surface area contributed by atoms with Crippen LogP contribution in [0.4, 0.5) is 4.39 Å². The molecular weight excluding hydrogens is 256 g/mol. The Kier molecular flexibility index (Phi) is 4.11. The summed E-state index contributed by atoms with van der Waals surface area (Å²) in [6.07, 6.45) is 3.76. The monoisotopic (exact) mass is 273 g/mol. The molecule has 1 nitrogen and oxygen atoms in total. The van der Waals surface area contributed by atoms with Gasteiger partial charge in [0.15, 0.2) is 0 Å². The Labute approximate surface area is 115 Å². The van der Waals surface area contributed by atoms with Crippen LogP contribution in [0.1, 0.15) is 25.1 Å². The van der Waals surface area contributed by atoms with Crippen molar-refractivity contribution in [1.82, 2.24) is 4.98 Å². The fraction of sp³-hybridized carbons (Fsp3) is 0.188. The van der Waals surface area contributed by atoms with E-state index in [2.05, 4.69) is 14.2 Å². The number of benzene rings is 1. The maximum Gasteiger partial charge on any atom is 0.131 e. The van der Waals surface area contributed by atoms with Crippen LogP contribution < -0.4 is 5.30 Å². The first kappa shape index (κ1) is 13.9. The van der Waals surface area contributed by atoms with Crippen LogP contribution in [0.25, 0.3) is 16.7 Å². The molecule has 0 fully saturated rings. The van der Waals surface area contributed by atoms with Crippen molar-refractivity contribution in [3.63, 3.8) is 0 Å². The second kappa shape index (κ2) is 5.63. The highest BCUT2D eigenvalue weighted by molar-refractivity contribution is 7.27. The van der Waals surface area contributed by atoms with Gasteiger partial charge in [-0.2, -0.15) is 0 Å². The van der Waals surface area contributed by atoms with Crippen molar-refractivity contribution in [2.45, 2.75) is 20.8 Å². The van der Waals surface area contributed by atoms with Crippen molar-refractivity contribution in [1.29, 1.82) is 0 Å². The van der Waals surface area contributed by atoms with E-state index in [-0.39, 0.29) is 5.82 Å². The molecule has 2 aromatic rings. The zero-order valence-corrected chi connectivity index (χ0v) is 12.5. The van der Waals surface area contributed by atoms with Crippen molar-refractivity contribution in [2.75, 3.05) is 0 Å². The maximum atomic E-state index is 13.9. The Morgan fingerprint density at radius 1 is 1.32 bits per heavy atom. The number of pyridine rings is 1. The van der Waals surface area contributed by atoms with Crippen LogP contribution in [-0.4, -0.2) is 4.98 Å². The average molecular weight is 273 g/mol. The molecule has 0 saturated heterocycles. The maximum absolute atomic E-state index is 13.9. The minimum atomic E-state index is -0.218. The molecule has 0 aliphatic heterocycles. The average Bonchev–Trinajstić information content (AvgIpc) is 2.37. The van der Waals surface area contributed by atoms with Crippen molar-refractivity contribution < 1.29 is 4.39 Å². The molecule has 0 aliphatic carbocycles. The Morgan fingerprint density at radius 2 is 2.05 bits per heavy atom. The highest BCUT2D eigenvalue weighted by Crippen LogP contribution is 2.25.